The Labute approximate surface area is 208 Å². The van der Waals surface area contributed by atoms with E-state index in [4.69, 9.17) is 9.47 Å². The van der Waals surface area contributed by atoms with Crippen molar-refractivity contribution in [1.82, 2.24) is 0 Å². The molecule has 0 radical (unpaired) electrons. The van der Waals surface area contributed by atoms with Gasteiger partial charge in [-0.3, -0.25) is 0 Å². The minimum Gasteiger partial charge on any atom is -1.00 e. The first-order valence-corrected chi connectivity index (χ1v) is 13.0. The summed E-state index contributed by atoms with van der Waals surface area (Å²) in [5.41, 5.74) is 1.24. The smallest absolute Gasteiger partial charge is 0.122 e. The fourth-order valence-electron chi connectivity index (χ4n) is 4.41. The lowest BCUT2D eigenvalue weighted by Gasteiger charge is -2.27. The van der Waals surface area contributed by atoms with Gasteiger partial charge in [-0.2, -0.15) is 0 Å². The molecule has 4 rings (SSSR count). The number of hydrogen-bond acceptors (Lipinski definition) is 2. The lowest BCUT2D eigenvalue weighted by atomic mass is 10.1. The van der Waals surface area contributed by atoms with Crippen LogP contribution in [0.25, 0.3) is 0 Å². The Balaban J connectivity index is 0.00000306. The summed E-state index contributed by atoms with van der Waals surface area (Å²) in [6.07, 6.45) is 3.15. The van der Waals surface area contributed by atoms with Crippen molar-refractivity contribution < 1.29 is 26.5 Å². The Bertz CT molecular complexity index is 999. The Morgan fingerprint density at radius 2 is 0.970 bits per heavy atom. The van der Waals surface area contributed by atoms with Gasteiger partial charge in [-0.25, -0.2) is 0 Å². The molecule has 0 unspecified atom stereocenters. The summed E-state index contributed by atoms with van der Waals surface area (Å²) in [5, 5.41) is 4.29. The lowest BCUT2D eigenvalue weighted by molar-refractivity contribution is -0.00000699. The first-order valence-electron chi connectivity index (χ1n) is 11.0. The van der Waals surface area contributed by atoms with Crippen LogP contribution in [0, 0.1) is 0 Å². The maximum absolute atomic E-state index is 5.48. The van der Waals surface area contributed by atoms with E-state index in [-0.39, 0.29) is 17.0 Å². The van der Waals surface area contributed by atoms with Crippen molar-refractivity contribution in [3.05, 3.63) is 115 Å². The fraction of sp³-hybridized carbons (Fsp3) is 0.172. The zero-order valence-corrected chi connectivity index (χ0v) is 21.6. The summed E-state index contributed by atoms with van der Waals surface area (Å²) >= 11 is 0. The monoisotopic (exact) mass is 520 g/mol. The van der Waals surface area contributed by atoms with E-state index < -0.39 is 7.26 Å². The molecule has 0 saturated carbocycles. The first-order chi connectivity index (χ1) is 15.8. The molecule has 0 amide bonds. The average molecular weight is 521 g/mol. The van der Waals surface area contributed by atoms with Crippen LogP contribution in [-0.4, -0.2) is 20.4 Å². The molecule has 0 spiro atoms. The minimum atomic E-state index is -1.79. The number of hydrogen-bond donors (Lipinski definition) is 0. The zero-order chi connectivity index (χ0) is 22.2. The molecule has 2 nitrogen and oxygen atoms in total. The third-order valence-corrected chi connectivity index (χ3v) is 10.5. The second kappa shape index (κ2) is 12.0. The van der Waals surface area contributed by atoms with Crippen molar-refractivity contribution in [3.63, 3.8) is 0 Å². The Morgan fingerprint density at radius 1 is 0.576 bits per heavy atom. The molecule has 33 heavy (non-hydrogen) atoms. The van der Waals surface area contributed by atoms with Gasteiger partial charge in [0.2, 0.25) is 0 Å². The molecular formula is C29H30BrO2P. The predicted molar refractivity (Wildman–Crippen MR) is 138 cm³/mol. The number of benzene rings is 4. The van der Waals surface area contributed by atoms with E-state index in [1.54, 1.807) is 14.2 Å². The Hall–Kier alpha value is -2.61. The molecule has 0 bridgehead atoms. The van der Waals surface area contributed by atoms with Gasteiger partial charge in [-0.1, -0.05) is 54.6 Å². The van der Waals surface area contributed by atoms with E-state index in [1.165, 1.54) is 21.5 Å². The van der Waals surface area contributed by atoms with Crippen LogP contribution in [0.1, 0.15) is 12.0 Å². The van der Waals surface area contributed by atoms with Gasteiger partial charge < -0.3 is 26.5 Å². The molecule has 4 aromatic rings. The summed E-state index contributed by atoms with van der Waals surface area (Å²) in [4.78, 5) is 0. The predicted octanol–water partition coefficient (Wildman–Crippen LogP) is 2.63. The van der Waals surface area contributed by atoms with Gasteiger partial charge in [-0.15, -0.1) is 0 Å². The molecule has 170 valence electrons. The average Bonchev–Trinajstić information content (AvgIpc) is 2.88. The van der Waals surface area contributed by atoms with E-state index in [1.807, 2.05) is 6.07 Å². The normalized spacial score (nSPS) is 10.8. The van der Waals surface area contributed by atoms with Crippen molar-refractivity contribution in [3.8, 4) is 11.5 Å². The third-order valence-electron chi connectivity index (χ3n) is 5.96. The van der Waals surface area contributed by atoms with E-state index in [2.05, 4.69) is 103 Å². The van der Waals surface area contributed by atoms with Gasteiger partial charge in [0.25, 0.3) is 0 Å². The summed E-state index contributed by atoms with van der Waals surface area (Å²) in [6.45, 7) is 0. The molecule has 0 N–H and O–H groups in total. The van der Waals surface area contributed by atoms with Gasteiger partial charge in [-0.05, 0) is 66.9 Å². The minimum absolute atomic E-state index is 0. The fourth-order valence-corrected chi connectivity index (χ4v) is 8.76. The Kier molecular flexibility index (Phi) is 9.11. The molecule has 0 aromatic heterocycles. The first kappa shape index (κ1) is 25.0. The highest BCUT2D eigenvalue weighted by Crippen LogP contribution is 2.55. The number of aryl methyl sites for hydroxylation is 1. The third kappa shape index (κ3) is 5.66. The quantitative estimate of drug-likeness (QED) is 0.316. The second-order valence-electron chi connectivity index (χ2n) is 7.86. The summed E-state index contributed by atoms with van der Waals surface area (Å²) < 4.78 is 11.0. The molecule has 0 fully saturated rings. The molecular weight excluding hydrogens is 491 g/mol. The maximum Gasteiger partial charge on any atom is 0.122 e. The molecule has 0 atom stereocenters. The van der Waals surface area contributed by atoms with E-state index in [0.717, 1.165) is 30.5 Å². The van der Waals surface area contributed by atoms with Crippen molar-refractivity contribution in [1.29, 1.82) is 0 Å². The Morgan fingerprint density at radius 3 is 1.33 bits per heavy atom. The number of halogens is 1. The van der Waals surface area contributed by atoms with Gasteiger partial charge in [0.05, 0.1) is 20.4 Å². The highest BCUT2D eigenvalue weighted by molar-refractivity contribution is 7.95. The SMILES string of the molecule is COc1cc(CCC[P+](c2ccccc2)(c2ccccc2)c2ccccc2)cc(OC)c1.[Br-]. The largest absolute Gasteiger partial charge is 1.00 e. The van der Waals surface area contributed by atoms with Gasteiger partial charge in [0, 0.05) is 6.07 Å². The molecule has 0 aliphatic carbocycles. The van der Waals surface area contributed by atoms with Crippen LogP contribution < -0.4 is 42.4 Å². The van der Waals surface area contributed by atoms with Gasteiger partial charge in [0.1, 0.15) is 34.7 Å². The maximum atomic E-state index is 5.48. The molecule has 0 aliphatic heterocycles. The van der Waals surface area contributed by atoms with E-state index in [0.29, 0.717) is 0 Å². The van der Waals surface area contributed by atoms with Crippen LogP contribution in [-0.2, 0) is 6.42 Å². The van der Waals surface area contributed by atoms with Crippen molar-refractivity contribution >= 4 is 23.2 Å². The highest BCUT2D eigenvalue weighted by atomic mass is 79.9. The molecule has 0 aliphatic rings. The van der Waals surface area contributed by atoms with Crippen LogP contribution in [0.3, 0.4) is 0 Å². The number of rotatable bonds is 9. The standard InChI is InChI=1S/C29H30O2P.BrH/c1-30-25-21-24(22-26(23-25)31-2)13-12-20-32(27-14-6-3-7-15-27,28-16-8-4-9-17-28)29-18-10-5-11-19-29;/h3-11,14-19,21-23H,12-13,20H2,1-2H3;1H/q+1;/p-1. The van der Waals surface area contributed by atoms with Crippen molar-refractivity contribution in [2.75, 3.05) is 20.4 Å². The molecule has 0 heterocycles. The molecule has 4 heteroatoms. The highest BCUT2D eigenvalue weighted by Gasteiger charge is 2.44. The van der Waals surface area contributed by atoms with Gasteiger partial charge in [0.15, 0.2) is 0 Å². The lowest BCUT2D eigenvalue weighted by Crippen LogP contribution is -3.00. The summed E-state index contributed by atoms with van der Waals surface area (Å²) in [5.74, 6) is 1.68. The molecule has 0 saturated heterocycles. The van der Waals surface area contributed by atoms with Crippen LogP contribution in [0.2, 0.25) is 0 Å². The van der Waals surface area contributed by atoms with Crippen molar-refractivity contribution in [2.45, 2.75) is 12.8 Å². The molecule has 4 aromatic carbocycles. The number of ether oxygens (including phenoxy) is 2. The van der Waals surface area contributed by atoms with Crippen LogP contribution in [0.4, 0.5) is 0 Å². The van der Waals surface area contributed by atoms with Gasteiger partial charge >= 0.3 is 0 Å². The summed E-state index contributed by atoms with van der Waals surface area (Å²) in [7, 11) is 1.62. The summed E-state index contributed by atoms with van der Waals surface area (Å²) in [6, 6.07) is 39.4. The topological polar surface area (TPSA) is 18.5 Å². The van der Waals surface area contributed by atoms with Crippen LogP contribution >= 0.6 is 7.26 Å². The van der Waals surface area contributed by atoms with E-state index >= 15 is 0 Å². The second-order valence-corrected chi connectivity index (χ2v) is 11.5. The zero-order valence-electron chi connectivity index (χ0n) is 19.2. The van der Waals surface area contributed by atoms with Crippen LogP contribution in [0.15, 0.2) is 109 Å². The van der Waals surface area contributed by atoms with Crippen molar-refractivity contribution in [2.24, 2.45) is 0 Å². The number of methoxy groups -OCH3 is 2. The van der Waals surface area contributed by atoms with Crippen LogP contribution in [0.5, 0.6) is 11.5 Å². The van der Waals surface area contributed by atoms with E-state index in [9.17, 15) is 0 Å².